The van der Waals surface area contributed by atoms with Crippen molar-refractivity contribution in [2.45, 2.75) is 19.9 Å². The highest BCUT2D eigenvalue weighted by Crippen LogP contribution is 2.13. The molecule has 0 aliphatic rings. The van der Waals surface area contributed by atoms with Gasteiger partial charge in [0.1, 0.15) is 0 Å². The van der Waals surface area contributed by atoms with Crippen LogP contribution in [0.15, 0.2) is 66.9 Å². The zero-order valence-electron chi connectivity index (χ0n) is 15.3. The first kappa shape index (κ1) is 18.4. The van der Waals surface area contributed by atoms with Crippen molar-refractivity contribution in [2.75, 3.05) is 6.61 Å². The number of aryl methyl sites for hydroxylation is 1. The van der Waals surface area contributed by atoms with Crippen LogP contribution in [0, 0.1) is 6.92 Å². The second-order valence-electron chi connectivity index (χ2n) is 6.21. The first-order chi connectivity index (χ1) is 13.0. The molecule has 0 fully saturated rings. The van der Waals surface area contributed by atoms with Crippen LogP contribution in [0.1, 0.15) is 34.6 Å². The van der Waals surface area contributed by atoms with E-state index >= 15 is 0 Å². The maximum atomic E-state index is 12.1. The van der Waals surface area contributed by atoms with Gasteiger partial charge < -0.3 is 10.1 Å². The molecule has 3 rings (SSSR count). The average molecular weight is 363 g/mol. The summed E-state index contributed by atoms with van der Waals surface area (Å²) in [6.45, 7) is 3.51. The molecule has 3 aromatic rings. The van der Waals surface area contributed by atoms with Gasteiger partial charge in [0.2, 0.25) is 0 Å². The Balaban J connectivity index is 1.53. The number of nitrogens with zero attached hydrogens (tertiary/aromatic N) is 2. The summed E-state index contributed by atoms with van der Waals surface area (Å²) in [5, 5.41) is 7.03. The Morgan fingerprint density at radius 3 is 2.41 bits per heavy atom. The standard InChI is InChI=1S/C21H21N3O3/c1-15-12-13-22-24(15)19-10-8-18(9-11-19)21(26)27-14-20(25)23-16(2)17-6-4-3-5-7-17/h3-13,16H,14H2,1-2H3,(H,23,25)/t16-/m0/s1. The minimum absolute atomic E-state index is 0.158. The molecule has 0 saturated heterocycles. The van der Waals surface area contributed by atoms with E-state index in [0.29, 0.717) is 5.56 Å². The maximum absolute atomic E-state index is 12.1. The van der Waals surface area contributed by atoms with Gasteiger partial charge in [-0.05, 0) is 49.7 Å². The van der Waals surface area contributed by atoms with Crippen molar-refractivity contribution in [3.63, 3.8) is 0 Å². The first-order valence-corrected chi connectivity index (χ1v) is 8.67. The number of benzene rings is 2. The topological polar surface area (TPSA) is 73.2 Å². The average Bonchev–Trinajstić information content (AvgIpc) is 3.13. The van der Waals surface area contributed by atoms with Gasteiger partial charge >= 0.3 is 5.97 Å². The van der Waals surface area contributed by atoms with Crippen LogP contribution in [0.5, 0.6) is 0 Å². The molecule has 1 atom stereocenters. The molecule has 1 heterocycles. The number of amides is 1. The third-order valence-electron chi connectivity index (χ3n) is 4.19. The number of carbonyl (C=O) groups excluding carboxylic acids is 2. The molecule has 1 aromatic heterocycles. The number of rotatable bonds is 6. The second kappa shape index (κ2) is 8.31. The van der Waals surface area contributed by atoms with E-state index < -0.39 is 5.97 Å². The van der Waals surface area contributed by atoms with E-state index in [4.69, 9.17) is 4.74 Å². The van der Waals surface area contributed by atoms with E-state index in [0.717, 1.165) is 16.9 Å². The first-order valence-electron chi connectivity index (χ1n) is 8.67. The number of aromatic nitrogens is 2. The lowest BCUT2D eigenvalue weighted by atomic mass is 10.1. The van der Waals surface area contributed by atoms with E-state index in [1.165, 1.54) is 0 Å². The van der Waals surface area contributed by atoms with Gasteiger partial charge in [-0.1, -0.05) is 30.3 Å². The van der Waals surface area contributed by atoms with Crippen molar-refractivity contribution in [1.82, 2.24) is 15.1 Å². The molecular weight excluding hydrogens is 342 g/mol. The molecule has 0 radical (unpaired) electrons. The van der Waals surface area contributed by atoms with Crippen LogP contribution < -0.4 is 5.32 Å². The summed E-state index contributed by atoms with van der Waals surface area (Å²) in [6, 6.07) is 18.2. The zero-order valence-corrected chi connectivity index (χ0v) is 15.3. The minimum Gasteiger partial charge on any atom is -0.452 e. The predicted octanol–water partition coefficient (Wildman–Crippen LogP) is 3.21. The van der Waals surface area contributed by atoms with Crippen LogP contribution in [-0.2, 0) is 9.53 Å². The highest BCUT2D eigenvalue weighted by molar-refractivity contribution is 5.91. The SMILES string of the molecule is Cc1ccnn1-c1ccc(C(=O)OCC(=O)N[C@@H](C)c2ccccc2)cc1. The monoisotopic (exact) mass is 363 g/mol. The normalized spacial score (nSPS) is 11.6. The fourth-order valence-electron chi connectivity index (χ4n) is 2.70. The van der Waals surface area contributed by atoms with Crippen molar-refractivity contribution >= 4 is 11.9 Å². The van der Waals surface area contributed by atoms with Gasteiger partial charge in [0.05, 0.1) is 17.3 Å². The van der Waals surface area contributed by atoms with Gasteiger partial charge in [-0.3, -0.25) is 4.79 Å². The molecule has 2 aromatic carbocycles. The lowest BCUT2D eigenvalue weighted by Crippen LogP contribution is -2.31. The predicted molar refractivity (Wildman–Crippen MR) is 102 cm³/mol. The van der Waals surface area contributed by atoms with Gasteiger partial charge in [0.25, 0.3) is 5.91 Å². The lowest BCUT2D eigenvalue weighted by Gasteiger charge is -2.14. The summed E-state index contributed by atoms with van der Waals surface area (Å²) in [4.78, 5) is 24.2. The molecule has 0 saturated carbocycles. The quantitative estimate of drug-likeness (QED) is 0.683. The number of ether oxygens (including phenoxy) is 1. The Bertz CT molecular complexity index is 917. The Morgan fingerprint density at radius 2 is 1.78 bits per heavy atom. The van der Waals surface area contributed by atoms with Crippen molar-refractivity contribution in [1.29, 1.82) is 0 Å². The van der Waals surface area contributed by atoms with Crippen LogP contribution in [0.3, 0.4) is 0 Å². The van der Waals surface area contributed by atoms with E-state index in [1.807, 2.05) is 50.2 Å². The Hall–Kier alpha value is -3.41. The molecule has 0 spiro atoms. The summed E-state index contributed by atoms with van der Waals surface area (Å²) < 4.78 is 6.88. The molecule has 1 amide bonds. The summed E-state index contributed by atoms with van der Waals surface area (Å²) in [5.74, 6) is -0.884. The highest BCUT2D eigenvalue weighted by atomic mass is 16.5. The summed E-state index contributed by atoms with van der Waals surface area (Å²) >= 11 is 0. The van der Waals surface area contributed by atoms with Crippen molar-refractivity contribution in [2.24, 2.45) is 0 Å². The van der Waals surface area contributed by atoms with Gasteiger partial charge in [0.15, 0.2) is 6.61 Å². The van der Waals surface area contributed by atoms with Gasteiger partial charge in [-0.15, -0.1) is 0 Å². The third-order valence-corrected chi connectivity index (χ3v) is 4.19. The van der Waals surface area contributed by atoms with E-state index in [2.05, 4.69) is 10.4 Å². The minimum atomic E-state index is -0.541. The van der Waals surface area contributed by atoms with Crippen LogP contribution in [0.2, 0.25) is 0 Å². The van der Waals surface area contributed by atoms with Crippen molar-refractivity contribution in [3.8, 4) is 5.69 Å². The van der Waals surface area contributed by atoms with Crippen LogP contribution in [-0.4, -0.2) is 28.3 Å². The van der Waals surface area contributed by atoms with E-state index in [1.54, 1.807) is 35.1 Å². The van der Waals surface area contributed by atoms with Crippen molar-refractivity contribution in [3.05, 3.63) is 83.7 Å². The molecule has 138 valence electrons. The van der Waals surface area contributed by atoms with Gasteiger partial charge in [0, 0.05) is 11.9 Å². The number of esters is 1. The molecule has 0 bridgehead atoms. The molecule has 6 nitrogen and oxygen atoms in total. The molecule has 6 heteroatoms. The molecule has 0 aliphatic carbocycles. The number of carbonyl (C=O) groups is 2. The molecule has 27 heavy (non-hydrogen) atoms. The lowest BCUT2D eigenvalue weighted by molar-refractivity contribution is -0.124. The maximum Gasteiger partial charge on any atom is 0.338 e. The van der Waals surface area contributed by atoms with E-state index in [-0.39, 0.29) is 18.6 Å². The molecule has 1 N–H and O–H groups in total. The highest BCUT2D eigenvalue weighted by Gasteiger charge is 2.13. The number of hydrogen-bond acceptors (Lipinski definition) is 4. The molecule has 0 aliphatic heterocycles. The fraction of sp³-hybridized carbons (Fsp3) is 0.190. The van der Waals surface area contributed by atoms with Gasteiger partial charge in [-0.2, -0.15) is 5.10 Å². The Kier molecular flexibility index (Phi) is 5.66. The van der Waals surface area contributed by atoms with E-state index in [9.17, 15) is 9.59 Å². The fourth-order valence-corrected chi connectivity index (χ4v) is 2.70. The largest absolute Gasteiger partial charge is 0.452 e. The second-order valence-corrected chi connectivity index (χ2v) is 6.21. The molecule has 0 unspecified atom stereocenters. The summed E-state index contributed by atoms with van der Waals surface area (Å²) in [6.07, 6.45) is 1.71. The van der Waals surface area contributed by atoms with Gasteiger partial charge in [-0.25, -0.2) is 9.48 Å². The third kappa shape index (κ3) is 4.61. The van der Waals surface area contributed by atoms with Crippen molar-refractivity contribution < 1.29 is 14.3 Å². The molecular formula is C21H21N3O3. The summed E-state index contributed by atoms with van der Waals surface area (Å²) in [5.41, 5.74) is 3.21. The van der Waals surface area contributed by atoms with Crippen LogP contribution in [0.4, 0.5) is 0 Å². The number of nitrogens with one attached hydrogen (secondary N) is 1. The van der Waals surface area contributed by atoms with Crippen LogP contribution >= 0.6 is 0 Å². The smallest absolute Gasteiger partial charge is 0.338 e. The zero-order chi connectivity index (χ0) is 19.2. The Labute approximate surface area is 157 Å². The Morgan fingerprint density at radius 1 is 1.07 bits per heavy atom. The van der Waals surface area contributed by atoms with Crippen LogP contribution in [0.25, 0.3) is 5.69 Å². The summed E-state index contributed by atoms with van der Waals surface area (Å²) in [7, 11) is 0. The number of hydrogen-bond donors (Lipinski definition) is 1.